The van der Waals surface area contributed by atoms with Gasteiger partial charge in [0.2, 0.25) is 11.1 Å². The minimum Gasteiger partial charge on any atom is -0.272 e. The monoisotopic (exact) mass is 370 g/mol. The number of thioether (sulfide) groups is 1. The average Bonchev–Trinajstić information content (AvgIpc) is 3.24. The van der Waals surface area contributed by atoms with Gasteiger partial charge in [0.05, 0.1) is 17.2 Å². The van der Waals surface area contributed by atoms with Gasteiger partial charge in [0.25, 0.3) is 5.91 Å². The minimum absolute atomic E-state index is 0.120. The van der Waals surface area contributed by atoms with Gasteiger partial charge < -0.3 is 0 Å². The lowest BCUT2D eigenvalue weighted by Crippen LogP contribution is -2.16. The highest BCUT2D eigenvalue weighted by atomic mass is 32.2. The fraction of sp³-hybridized carbons (Fsp3) is 0.250. The SMILES string of the molecule is C/C(=N\Nc1nc(SCC(=O)n2nc(C)cc2C)n[nH]1)c1cccnc1. The molecule has 0 aliphatic heterocycles. The van der Waals surface area contributed by atoms with E-state index in [1.807, 2.05) is 39.0 Å². The van der Waals surface area contributed by atoms with E-state index in [1.165, 1.54) is 16.4 Å². The second-order valence-electron chi connectivity index (χ2n) is 5.54. The third-order valence-electron chi connectivity index (χ3n) is 3.44. The summed E-state index contributed by atoms with van der Waals surface area (Å²) in [7, 11) is 0. The summed E-state index contributed by atoms with van der Waals surface area (Å²) in [5.41, 5.74) is 6.11. The zero-order valence-corrected chi connectivity index (χ0v) is 15.4. The second kappa shape index (κ2) is 7.91. The maximum Gasteiger partial charge on any atom is 0.257 e. The van der Waals surface area contributed by atoms with Crippen LogP contribution in [-0.4, -0.2) is 47.3 Å². The molecule has 0 amide bonds. The van der Waals surface area contributed by atoms with Crippen LogP contribution in [0, 0.1) is 13.8 Å². The number of aromatic amines is 1. The number of hydrogen-bond acceptors (Lipinski definition) is 8. The number of aryl methyl sites for hydroxylation is 2. The second-order valence-corrected chi connectivity index (χ2v) is 6.48. The van der Waals surface area contributed by atoms with Crippen molar-refractivity contribution in [2.75, 3.05) is 11.2 Å². The molecule has 26 heavy (non-hydrogen) atoms. The Balaban J connectivity index is 1.56. The lowest BCUT2D eigenvalue weighted by atomic mass is 10.2. The normalized spacial score (nSPS) is 11.6. The number of nitrogens with one attached hydrogen (secondary N) is 2. The predicted molar refractivity (Wildman–Crippen MR) is 99.5 cm³/mol. The van der Waals surface area contributed by atoms with E-state index in [0.717, 1.165) is 22.7 Å². The van der Waals surface area contributed by atoms with Crippen LogP contribution < -0.4 is 5.43 Å². The smallest absolute Gasteiger partial charge is 0.257 e. The topological polar surface area (TPSA) is 114 Å². The summed E-state index contributed by atoms with van der Waals surface area (Å²) in [4.78, 5) is 20.5. The van der Waals surface area contributed by atoms with E-state index in [4.69, 9.17) is 0 Å². The van der Waals surface area contributed by atoms with Gasteiger partial charge in [0, 0.05) is 23.7 Å². The third-order valence-corrected chi connectivity index (χ3v) is 4.28. The highest BCUT2D eigenvalue weighted by Crippen LogP contribution is 2.15. The molecule has 3 rings (SSSR count). The number of carbonyl (C=O) groups is 1. The molecule has 0 atom stereocenters. The number of aromatic nitrogens is 6. The molecule has 3 aromatic heterocycles. The van der Waals surface area contributed by atoms with Crippen LogP contribution in [0.15, 0.2) is 40.9 Å². The first-order chi connectivity index (χ1) is 12.5. The molecule has 0 unspecified atom stereocenters. The summed E-state index contributed by atoms with van der Waals surface area (Å²) >= 11 is 1.23. The molecule has 0 aromatic carbocycles. The Morgan fingerprint density at radius 2 is 2.27 bits per heavy atom. The van der Waals surface area contributed by atoms with Crippen molar-refractivity contribution >= 4 is 29.3 Å². The van der Waals surface area contributed by atoms with Crippen molar-refractivity contribution in [1.82, 2.24) is 29.9 Å². The van der Waals surface area contributed by atoms with Crippen LogP contribution in [0.25, 0.3) is 0 Å². The van der Waals surface area contributed by atoms with Crippen molar-refractivity contribution in [3.05, 3.63) is 47.5 Å². The van der Waals surface area contributed by atoms with Gasteiger partial charge in [-0.3, -0.25) is 9.78 Å². The third kappa shape index (κ3) is 4.33. The van der Waals surface area contributed by atoms with E-state index in [9.17, 15) is 4.79 Å². The Morgan fingerprint density at radius 3 is 2.96 bits per heavy atom. The van der Waals surface area contributed by atoms with E-state index >= 15 is 0 Å². The first kappa shape index (κ1) is 17.8. The molecule has 3 heterocycles. The van der Waals surface area contributed by atoms with E-state index in [1.54, 1.807) is 12.4 Å². The summed E-state index contributed by atoms with van der Waals surface area (Å²) in [5, 5.41) is 15.7. The van der Waals surface area contributed by atoms with Crippen molar-refractivity contribution in [1.29, 1.82) is 0 Å². The minimum atomic E-state index is -0.120. The lowest BCUT2D eigenvalue weighted by Gasteiger charge is -2.01. The van der Waals surface area contributed by atoms with Crippen molar-refractivity contribution < 1.29 is 4.79 Å². The predicted octanol–water partition coefficient (Wildman–Crippen LogP) is 2.28. The molecular formula is C16H18N8OS. The zero-order chi connectivity index (χ0) is 18.5. The molecule has 0 saturated carbocycles. The summed E-state index contributed by atoms with van der Waals surface area (Å²) in [6, 6.07) is 5.62. The number of rotatable bonds is 6. The molecule has 10 heteroatoms. The van der Waals surface area contributed by atoms with Crippen molar-refractivity contribution in [3.63, 3.8) is 0 Å². The van der Waals surface area contributed by atoms with Crippen molar-refractivity contribution in [2.45, 2.75) is 25.9 Å². The Morgan fingerprint density at radius 1 is 1.42 bits per heavy atom. The van der Waals surface area contributed by atoms with E-state index in [2.05, 4.69) is 35.8 Å². The van der Waals surface area contributed by atoms with Gasteiger partial charge in [-0.15, -0.1) is 5.10 Å². The van der Waals surface area contributed by atoms with Crippen LogP contribution in [0.2, 0.25) is 0 Å². The highest BCUT2D eigenvalue weighted by Gasteiger charge is 2.12. The van der Waals surface area contributed by atoms with Gasteiger partial charge in [-0.25, -0.2) is 15.2 Å². The van der Waals surface area contributed by atoms with Gasteiger partial charge in [-0.1, -0.05) is 17.8 Å². The molecule has 0 radical (unpaired) electrons. The first-order valence-electron chi connectivity index (χ1n) is 7.85. The first-order valence-corrected chi connectivity index (χ1v) is 8.84. The zero-order valence-electron chi connectivity index (χ0n) is 14.6. The van der Waals surface area contributed by atoms with Crippen LogP contribution in [0.5, 0.6) is 0 Å². The molecule has 0 bridgehead atoms. The van der Waals surface area contributed by atoms with Crippen molar-refractivity contribution in [2.24, 2.45) is 5.10 Å². The van der Waals surface area contributed by atoms with E-state index in [0.29, 0.717) is 11.1 Å². The van der Waals surface area contributed by atoms with Crippen LogP contribution in [-0.2, 0) is 0 Å². The summed E-state index contributed by atoms with van der Waals surface area (Å²) < 4.78 is 1.40. The van der Waals surface area contributed by atoms with Gasteiger partial charge in [0.1, 0.15) is 0 Å². The quantitative estimate of drug-likeness (QED) is 0.389. The number of anilines is 1. The summed E-state index contributed by atoms with van der Waals surface area (Å²) in [6.07, 6.45) is 3.43. The van der Waals surface area contributed by atoms with E-state index in [-0.39, 0.29) is 11.7 Å². The number of nitrogens with zero attached hydrogens (tertiary/aromatic N) is 6. The number of hydrazone groups is 1. The van der Waals surface area contributed by atoms with Gasteiger partial charge in [-0.2, -0.15) is 15.2 Å². The van der Waals surface area contributed by atoms with Gasteiger partial charge in [-0.05, 0) is 32.9 Å². The maximum absolute atomic E-state index is 12.2. The Bertz CT molecular complexity index is 931. The fourth-order valence-electron chi connectivity index (χ4n) is 2.21. The van der Waals surface area contributed by atoms with Crippen LogP contribution in [0.3, 0.4) is 0 Å². The summed E-state index contributed by atoms with van der Waals surface area (Å²) in [5.74, 6) is 0.469. The van der Waals surface area contributed by atoms with Gasteiger partial charge >= 0.3 is 0 Å². The number of hydrogen-bond donors (Lipinski definition) is 2. The van der Waals surface area contributed by atoms with Crippen LogP contribution in [0.4, 0.5) is 5.95 Å². The largest absolute Gasteiger partial charge is 0.272 e. The lowest BCUT2D eigenvalue weighted by molar-refractivity contribution is 0.0924. The Hall–Kier alpha value is -3.01. The molecule has 2 N–H and O–H groups in total. The van der Waals surface area contributed by atoms with Crippen LogP contribution >= 0.6 is 11.8 Å². The number of carbonyl (C=O) groups excluding carboxylic acids is 1. The average molecular weight is 370 g/mol. The molecule has 0 saturated heterocycles. The standard InChI is InChI=1S/C16H18N8OS/c1-10-7-11(2)24(23-10)14(25)9-26-16-18-15(21-22-16)20-19-12(3)13-5-4-6-17-8-13/h4-8H,9H2,1-3H3,(H2,18,20,21,22)/b19-12+. The van der Waals surface area contributed by atoms with Crippen LogP contribution in [0.1, 0.15) is 28.7 Å². The highest BCUT2D eigenvalue weighted by molar-refractivity contribution is 7.99. The molecule has 0 aliphatic rings. The Kier molecular flexibility index (Phi) is 5.42. The number of H-pyrrole nitrogens is 1. The molecule has 134 valence electrons. The van der Waals surface area contributed by atoms with Gasteiger partial charge in [0.15, 0.2) is 0 Å². The Labute approximate surface area is 154 Å². The molecule has 3 aromatic rings. The summed E-state index contributed by atoms with van der Waals surface area (Å²) in [6.45, 7) is 5.56. The maximum atomic E-state index is 12.2. The number of pyridine rings is 1. The molecule has 0 aliphatic carbocycles. The fourth-order valence-corrected chi connectivity index (χ4v) is 2.85. The van der Waals surface area contributed by atoms with Crippen molar-refractivity contribution in [3.8, 4) is 0 Å². The molecule has 9 nitrogen and oxygen atoms in total. The van der Waals surface area contributed by atoms with E-state index < -0.39 is 0 Å². The molecule has 0 fully saturated rings. The molecule has 0 spiro atoms. The molecular weight excluding hydrogens is 352 g/mol.